The molecule has 7 heteroatoms. The van der Waals surface area contributed by atoms with Gasteiger partial charge in [0.1, 0.15) is 5.75 Å². The van der Waals surface area contributed by atoms with Gasteiger partial charge in [0.25, 0.3) is 5.56 Å². The average Bonchev–Trinajstić information content (AvgIpc) is 2.75. The molecule has 29 heavy (non-hydrogen) atoms. The molecule has 0 spiro atoms. The molecule has 1 N–H and O–H groups in total. The normalized spacial score (nSPS) is 12.0. The third-order valence-corrected chi connectivity index (χ3v) is 5.62. The molecule has 0 saturated heterocycles. The van der Waals surface area contributed by atoms with Crippen LogP contribution in [0.2, 0.25) is 0 Å². The molecule has 152 valence electrons. The molecular formula is C22H25N3O3S. The van der Waals surface area contributed by atoms with E-state index in [1.807, 2.05) is 56.3 Å². The second-order valence-corrected chi connectivity index (χ2v) is 8.01. The van der Waals surface area contributed by atoms with Crippen LogP contribution in [0.4, 0.5) is 0 Å². The van der Waals surface area contributed by atoms with E-state index < -0.39 is 0 Å². The van der Waals surface area contributed by atoms with Crippen molar-refractivity contribution >= 4 is 28.6 Å². The highest BCUT2D eigenvalue weighted by atomic mass is 32.2. The number of amides is 1. The molecule has 0 aliphatic carbocycles. The molecular weight excluding hydrogens is 386 g/mol. The highest BCUT2D eigenvalue weighted by Gasteiger charge is 2.19. The van der Waals surface area contributed by atoms with E-state index in [4.69, 9.17) is 4.74 Å². The lowest BCUT2D eigenvalue weighted by Gasteiger charge is -2.16. The SMILES string of the molecule is CCCNC(=O)[C@@H](C)Sc1nc2ccccc2c(=O)n1Cc1ccc(OC)cc1. The first-order chi connectivity index (χ1) is 14.0. The molecule has 2 aromatic carbocycles. The van der Waals surface area contributed by atoms with E-state index in [9.17, 15) is 9.59 Å². The second-order valence-electron chi connectivity index (χ2n) is 6.70. The number of para-hydroxylation sites is 1. The number of thioether (sulfide) groups is 1. The topological polar surface area (TPSA) is 73.2 Å². The molecule has 0 aliphatic rings. The van der Waals surface area contributed by atoms with E-state index in [-0.39, 0.29) is 16.7 Å². The number of nitrogens with zero attached hydrogens (tertiary/aromatic N) is 2. The predicted octanol–water partition coefficient (Wildman–Crippen LogP) is 3.46. The first kappa shape index (κ1) is 20.9. The fourth-order valence-electron chi connectivity index (χ4n) is 2.89. The molecule has 6 nitrogen and oxygen atoms in total. The van der Waals surface area contributed by atoms with Crippen molar-refractivity contribution in [2.24, 2.45) is 0 Å². The van der Waals surface area contributed by atoms with Crippen LogP contribution in [0.1, 0.15) is 25.8 Å². The third kappa shape index (κ3) is 4.98. The van der Waals surface area contributed by atoms with Gasteiger partial charge in [-0.15, -0.1) is 0 Å². The van der Waals surface area contributed by atoms with Gasteiger partial charge in [-0.1, -0.05) is 43.0 Å². The Balaban J connectivity index is 1.98. The fraction of sp³-hybridized carbons (Fsp3) is 0.318. The minimum absolute atomic E-state index is 0.0599. The number of carbonyl (C=O) groups excluding carboxylic acids is 1. The summed E-state index contributed by atoms with van der Waals surface area (Å²) in [6, 6.07) is 14.9. The number of fused-ring (bicyclic) bond motifs is 1. The van der Waals surface area contributed by atoms with E-state index >= 15 is 0 Å². The van der Waals surface area contributed by atoms with E-state index in [2.05, 4.69) is 10.3 Å². The van der Waals surface area contributed by atoms with Gasteiger partial charge in [-0.3, -0.25) is 14.2 Å². The van der Waals surface area contributed by atoms with Crippen molar-refractivity contribution in [3.63, 3.8) is 0 Å². The summed E-state index contributed by atoms with van der Waals surface area (Å²) in [5.74, 6) is 0.698. The average molecular weight is 412 g/mol. The van der Waals surface area contributed by atoms with Crippen molar-refractivity contribution in [2.45, 2.75) is 37.2 Å². The van der Waals surface area contributed by atoms with Crippen molar-refractivity contribution in [3.05, 3.63) is 64.4 Å². The lowest BCUT2D eigenvalue weighted by molar-refractivity contribution is -0.120. The summed E-state index contributed by atoms with van der Waals surface area (Å²) in [5, 5.41) is 3.63. The Morgan fingerprint density at radius 3 is 2.62 bits per heavy atom. The van der Waals surface area contributed by atoms with Crippen LogP contribution in [0.3, 0.4) is 0 Å². The lowest BCUT2D eigenvalue weighted by atomic mass is 10.2. The molecule has 1 amide bonds. The largest absolute Gasteiger partial charge is 0.497 e. The summed E-state index contributed by atoms with van der Waals surface area (Å²) in [4.78, 5) is 30.2. The van der Waals surface area contributed by atoms with Crippen LogP contribution in [0.15, 0.2) is 58.5 Å². The Morgan fingerprint density at radius 1 is 1.21 bits per heavy atom. The van der Waals surface area contributed by atoms with Crippen LogP contribution in [-0.4, -0.2) is 34.4 Å². The zero-order chi connectivity index (χ0) is 20.8. The summed E-state index contributed by atoms with van der Waals surface area (Å²) in [7, 11) is 1.62. The molecule has 1 atom stereocenters. The van der Waals surface area contributed by atoms with Gasteiger partial charge in [0.05, 0.1) is 29.8 Å². The van der Waals surface area contributed by atoms with Gasteiger partial charge in [0, 0.05) is 6.54 Å². The molecule has 0 aliphatic heterocycles. The van der Waals surface area contributed by atoms with Crippen LogP contribution in [0.25, 0.3) is 10.9 Å². The van der Waals surface area contributed by atoms with Gasteiger partial charge in [-0.05, 0) is 43.2 Å². The zero-order valence-corrected chi connectivity index (χ0v) is 17.7. The van der Waals surface area contributed by atoms with Crippen LogP contribution >= 0.6 is 11.8 Å². The fourth-order valence-corrected chi connectivity index (χ4v) is 3.83. The molecule has 0 fully saturated rings. The molecule has 3 rings (SSSR count). The maximum atomic E-state index is 13.2. The van der Waals surface area contributed by atoms with Crippen molar-refractivity contribution in [1.82, 2.24) is 14.9 Å². The summed E-state index contributed by atoms with van der Waals surface area (Å²) < 4.78 is 6.84. The summed E-state index contributed by atoms with van der Waals surface area (Å²) in [6.45, 7) is 4.84. The quantitative estimate of drug-likeness (QED) is 0.454. The van der Waals surface area contributed by atoms with Gasteiger partial charge < -0.3 is 10.1 Å². The van der Waals surface area contributed by atoms with Gasteiger partial charge in [-0.25, -0.2) is 4.98 Å². The summed E-state index contributed by atoms with van der Waals surface area (Å²) in [5.41, 5.74) is 1.47. The molecule has 0 saturated carbocycles. The van der Waals surface area contributed by atoms with Gasteiger partial charge in [0.2, 0.25) is 5.91 Å². The Hall–Kier alpha value is -2.80. The number of hydrogen-bond donors (Lipinski definition) is 1. The number of methoxy groups -OCH3 is 1. The van der Waals surface area contributed by atoms with Crippen molar-refractivity contribution < 1.29 is 9.53 Å². The summed E-state index contributed by atoms with van der Waals surface area (Å²) >= 11 is 1.30. The molecule has 0 radical (unpaired) electrons. The minimum atomic E-state index is -0.364. The number of hydrogen-bond acceptors (Lipinski definition) is 5. The van der Waals surface area contributed by atoms with Crippen LogP contribution in [0.5, 0.6) is 5.75 Å². The smallest absolute Gasteiger partial charge is 0.262 e. The highest BCUT2D eigenvalue weighted by Crippen LogP contribution is 2.24. The maximum Gasteiger partial charge on any atom is 0.262 e. The Morgan fingerprint density at radius 2 is 1.93 bits per heavy atom. The Kier molecular flexibility index (Phi) is 6.93. The van der Waals surface area contributed by atoms with Crippen molar-refractivity contribution in [3.8, 4) is 5.75 Å². The maximum absolute atomic E-state index is 13.2. The van der Waals surface area contributed by atoms with Crippen molar-refractivity contribution in [2.75, 3.05) is 13.7 Å². The van der Waals surface area contributed by atoms with Gasteiger partial charge in [0.15, 0.2) is 5.16 Å². The highest BCUT2D eigenvalue weighted by molar-refractivity contribution is 8.00. The molecule has 1 heterocycles. The molecule has 1 aromatic heterocycles. The van der Waals surface area contributed by atoms with Gasteiger partial charge >= 0.3 is 0 Å². The Bertz CT molecular complexity index is 1050. The first-order valence-corrected chi connectivity index (χ1v) is 10.5. The van der Waals surface area contributed by atoms with E-state index in [1.54, 1.807) is 17.7 Å². The monoisotopic (exact) mass is 411 g/mol. The van der Waals surface area contributed by atoms with Crippen LogP contribution in [-0.2, 0) is 11.3 Å². The zero-order valence-electron chi connectivity index (χ0n) is 16.8. The molecule has 0 bridgehead atoms. The standard InChI is InChI=1S/C22H25N3O3S/c1-4-13-23-20(26)15(2)29-22-24-19-8-6-5-7-18(19)21(27)25(22)14-16-9-11-17(28-3)12-10-16/h5-12,15H,4,13-14H2,1-3H3,(H,23,26)/t15-/m1/s1. The van der Waals surface area contributed by atoms with Crippen molar-refractivity contribution in [1.29, 1.82) is 0 Å². The third-order valence-electron chi connectivity index (χ3n) is 4.53. The Labute approximate surface area is 174 Å². The lowest BCUT2D eigenvalue weighted by Crippen LogP contribution is -2.32. The van der Waals surface area contributed by atoms with Gasteiger partial charge in [-0.2, -0.15) is 0 Å². The van der Waals surface area contributed by atoms with E-state index in [0.717, 1.165) is 17.7 Å². The van der Waals surface area contributed by atoms with Crippen LogP contribution in [0, 0.1) is 0 Å². The molecule has 0 unspecified atom stereocenters. The number of benzene rings is 2. The number of rotatable bonds is 8. The number of carbonyl (C=O) groups is 1. The van der Waals surface area contributed by atoms with Crippen LogP contribution < -0.4 is 15.6 Å². The predicted molar refractivity (Wildman–Crippen MR) is 117 cm³/mol. The number of aromatic nitrogens is 2. The number of ether oxygens (including phenoxy) is 1. The summed E-state index contributed by atoms with van der Waals surface area (Å²) in [6.07, 6.45) is 0.875. The first-order valence-electron chi connectivity index (χ1n) is 9.60. The number of nitrogens with one attached hydrogen (secondary N) is 1. The minimum Gasteiger partial charge on any atom is -0.497 e. The van der Waals surface area contributed by atoms with E-state index in [0.29, 0.717) is 29.1 Å². The molecule has 3 aromatic rings. The second kappa shape index (κ2) is 9.60. The van der Waals surface area contributed by atoms with E-state index in [1.165, 1.54) is 11.8 Å².